The van der Waals surface area contributed by atoms with Gasteiger partial charge in [0.1, 0.15) is 0 Å². The Labute approximate surface area is 100 Å². The Kier molecular flexibility index (Phi) is 1.67. The van der Waals surface area contributed by atoms with Gasteiger partial charge in [0.25, 0.3) is 11.8 Å². The third-order valence-corrected chi connectivity index (χ3v) is 3.22. The lowest BCUT2D eigenvalue weighted by Gasteiger charge is -2.15. The van der Waals surface area contributed by atoms with Gasteiger partial charge in [-0.25, -0.2) is 9.97 Å². The summed E-state index contributed by atoms with van der Waals surface area (Å²) in [6, 6.07) is 7.64. The van der Waals surface area contributed by atoms with Crippen molar-refractivity contribution in [1.82, 2.24) is 9.97 Å². The molecule has 5 heteroatoms. The summed E-state index contributed by atoms with van der Waals surface area (Å²) in [5.74, 6) is 2.25. The molecule has 1 aromatic carbocycles. The number of hydrogen-bond donors (Lipinski definition) is 0. The summed E-state index contributed by atoms with van der Waals surface area (Å²) in [6.07, 6.45) is 0. The highest BCUT2D eigenvalue weighted by molar-refractivity contribution is 7.08. The molecule has 0 radical (unpaired) electrons. The number of aromatic nitrogens is 2. The van der Waals surface area contributed by atoms with Crippen molar-refractivity contribution in [2.24, 2.45) is 0 Å². The number of para-hydroxylation sites is 2. The number of nitrogens with zero attached hydrogens (tertiary/aromatic N) is 2. The predicted octanol–water partition coefficient (Wildman–Crippen LogP) is 3.59. The maximum Gasteiger partial charge on any atom is 0.284 e. The van der Waals surface area contributed by atoms with Crippen molar-refractivity contribution in [2.75, 3.05) is 0 Å². The van der Waals surface area contributed by atoms with Gasteiger partial charge in [-0.1, -0.05) is 12.1 Å². The van der Waals surface area contributed by atoms with Crippen LogP contribution in [0.15, 0.2) is 35.0 Å². The minimum absolute atomic E-state index is 0.426. The highest BCUT2D eigenvalue weighted by atomic mass is 32.1. The lowest BCUT2D eigenvalue weighted by Crippen LogP contribution is -2.01. The normalized spacial score (nSPS) is 12.5. The second-order valence-electron chi connectivity index (χ2n) is 3.63. The van der Waals surface area contributed by atoms with Crippen LogP contribution in [0.3, 0.4) is 0 Å². The number of thiophene rings is 1. The Morgan fingerprint density at radius 1 is 0.824 bits per heavy atom. The summed E-state index contributed by atoms with van der Waals surface area (Å²) in [6.45, 7) is 0. The van der Waals surface area contributed by atoms with Crippen molar-refractivity contribution >= 4 is 22.4 Å². The average molecular weight is 242 g/mol. The molecule has 0 atom stereocenters. The van der Waals surface area contributed by atoms with Gasteiger partial charge in [0.05, 0.1) is 11.0 Å². The van der Waals surface area contributed by atoms with Crippen LogP contribution in [0.2, 0.25) is 0 Å². The molecule has 0 saturated heterocycles. The molecule has 4 rings (SSSR count). The first kappa shape index (κ1) is 8.95. The Hall–Kier alpha value is -2.14. The van der Waals surface area contributed by atoms with Crippen LogP contribution in [0, 0.1) is 0 Å². The molecule has 3 aromatic rings. The van der Waals surface area contributed by atoms with Crippen molar-refractivity contribution in [3.05, 3.63) is 35.0 Å². The number of benzene rings is 1. The van der Waals surface area contributed by atoms with Crippen molar-refractivity contribution in [2.45, 2.75) is 0 Å². The molecular weight excluding hydrogens is 236 g/mol. The molecule has 1 aliphatic heterocycles. The standard InChI is InChI=1S/C12H6N2O2S/c1-2-4-8-7(3-1)13-11-12(14-8)16-10-6-17-5-9(10)15-11/h1-6H. The second-order valence-corrected chi connectivity index (χ2v) is 4.37. The van der Waals surface area contributed by atoms with E-state index in [-0.39, 0.29) is 0 Å². The van der Waals surface area contributed by atoms with Crippen LogP contribution in [0.1, 0.15) is 0 Å². The van der Waals surface area contributed by atoms with Gasteiger partial charge in [-0.05, 0) is 12.1 Å². The zero-order valence-electron chi connectivity index (χ0n) is 8.58. The van der Waals surface area contributed by atoms with Crippen LogP contribution in [-0.2, 0) is 0 Å². The summed E-state index contributed by atoms with van der Waals surface area (Å²) in [5, 5.41) is 3.77. The van der Waals surface area contributed by atoms with Gasteiger partial charge in [-0.2, -0.15) is 0 Å². The summed E-state index contributed by atoms with van der Waals surface area (Å²) in [7, 11) is 0. The van der Waals surface area contributed by atoms with Gasteiger partial charge in [0, 0.05) is 10.8 Å². The minimum atomic E-state index is 0.426. The maximum atomic E-state index is 5.64. The van der Waals surface area contributed by atoms with E-state index in [2.05, 4.69) is 9.97 Å². The molecular formula is C12H6N2O2S. The van der Waals surface area contributed by atoms with Gasteiger partial charge in [0.2, 0.25) is 0 Å². The predicted molar refractivity (Wildman–Crippen MR) is 64.0 cm³/mol. The van der Waals surface area contributed by atoms with E-state index in [0.29, 0.717) is 23.3 Å². The fraction of sp³-hybridized carbons (Fsp3) is 0. The smallest absolute Gasteiger partial charge is 0.284 e. The fourth-order valence-electron chi connectivity index (χ4n) is 1.73. The lowest BCUT2D eigenvalue weighted by atomic mass is 10.3. The highest BCUT2D eigenvalue weighted by Crippen LogP contribution is 2.45. The first-order chi connectivity index (χ1) is 8.40. The number of ether oxygens (including phenoxy) is 2. The molecule has 82 valence electrons. The Balaban J connectivity index is 1.95. The Morgan fingerprint density at radius 3 is 1.88 bits per heavy atom. The molecule has 1 aliphatic rings. The topological polar surface area (TPSA) is 44.2 Å². The molecule has 0 unspecified atom stereocenters. The van der Waals surface area contributed by atoms with Gasteiger partial charge < -0.3 is 9.47 Å². The van der Waals surface area contributed by atoms with Crippen LogP contribution in [-0.4, -0.2) is 9.97 Å². The zero-order valence-corrected chi connectivity index (χ0v) is 9.40. The fourth-order valence-corrected chi connectivity index (χ4v) is 2.38. The molecule has 0 aliphatic carbocycles. The van der Waals surface area contributed by atoms with E-state index < -0.39 is 0 Å². The van der Waals surface area contributed by atoms with Gasteiger partial charge >= 0.3 is 0 Å². The summed E-state index contributed by atoms with van der Waals surface area (Å²) >= 11 is 1.52. The van der Waals surface area contributed by atoms with E-state index in [0.717, 1.165) is 11.0 Å². The van der Waals surface area contributed by atoms with Crippen LogP contribution in [0.4, 0.5) is 0 Å². The van der Waals surface area contributed by atoms with E-state index in [1.165, 1.54) is 11.3 Å². The molecule has 0 N–H and O–H groups in total. The van der Waals surface area contributed by atoms with E-state index >= 15 is 0 Å². The first-order valence-electron chi connectivity index (χ1n) is 5.09. The number of rotatable bonds is 0. The van der Waals surface area contributed by atoms with Crippen molar-refractivity contribution in [3.63, 3.8) is 0 Å². The van der Waals surface area contributed by atoms with Crippen molar-refractivity contribution < 1.29 is 9.47 Å². The summed E-state index contributed by atoms with van der Waals surface area (Å²) < 4.78 is 11.3. The second kappa shape index (κ2) is 3.18. The van der Waals surface area contributed by atoms with E-state index in [9.17, 15) is 0 Å². The highest BCUT2D eigenvalue weighted by Gasteiger charge is 2.22. The molecule has 4 nitrogen and oxygen atoms in total. The molecule has 0 fully saturated rings. The van der Waals surface area contributed by atoms with Crippen molar-refractivity contribution in [1.29, 1.82) is 0 Å². The molecule has 0 spiro atoms. The zero-order chi connectivity index (χ0) is 11.2. The number of fused-ring (bicyclic) bond motifs is 3. The maximum absolute atomic E-state index is 5.64. The first-order valence-corrected chi connectivity index (χ1v) is 6.03. The molecule has 3 heterocycles. The molecule has 0 amide bonds. The Morgan fingerprint density at radius 2 is 1.35 bits per heavy atom. The van der Waals surface area contributed by atoms with Gasteiger partial charge in [-0.15, -0.1) is 11.3 Å². The van der Waals surface area contributed by atoms with Gasteiger partial charge in [-0.3, -0.25) is 0 Å². The lowest BCUT2D eigenvalue weighted by molar-refractivity contribution is 0.341. The molecule has 0 bridgehead atoms. The van der Waals surface area contributed by atoms with Crippen LogP contribution in [0.5, 0.6) is 23.3 Å². The van der Waals surface area contributed by atoms with Gasteiger partial charge in [0.15, 0.2) is 11.5 Å². The summed E-state index contributed by atoms with van der Waals surface area (Å²) in [4.78, 5) is 8.78. The van der Waals surface area contributed by atoms with Crippen LogP contribution < -0.4 is 9.47 Å². The van der Waals surface area contributed by atoms with Crippen LogP contribution in [0.25, 0.3) is 11.0 Å². The van der Waals surface area contributed by atoms with E-state index in [1.54, 1.807) is 0 Å². The third kappa shape index (κ3) is 1.29. The minimum Gasteiger partial charge on any atom is -0.430 e. The monoisotopic (exact) mass is 242 g/mol. The third-order valence-electron chi connectivity index (χ3n) is 2.51. The molecule has 2 aromatic heterocycles. The van der Waals surface area contributed by atoms with E-state index in [4.69, 9.17) is 9.47 Å². The quantitative estimate of drug-likeness (QED) is 0.472. The summed E-state index contributed by atoms with van der Waals surface area (Å²) in [5.41, 5.74) is 1.60. The SMILES string of the molecule is c1ccc2nc3c(nc2c1)Oc1cscc1O3. The largest absolute Gasteiger partial charge is 0.430 e. The Bertz CT molecular complexity index is 664. The average Bonchev–Trinajstić information content (AvgIpc) is 2.80. The molecule has 0 saturated carbocycles. The van der Waals surface area contributed by atoms with E-state index in [1.807, 2.05) is 35.0 Å². The number of hydrogen-bond acceptors (Lipinski definition) is 5. The van der Waals surface area contributed by atoms with Crippen LogP contribution >= 0.6 is 11.3 Å². The molecule has 17 heavy (non-hydrogen) atoms. The van der Waals surface area contributed by atoms with Crippen molar-refractivity contribution in [3.8, 4) is 23.3 Å².